The Morgan fingerprint density at radius 1 is 0.301 bits per heavy atom. The molecule has 1 aliphatic carbocycles. The predicted octanol–water partition coefficient (Wildman–Crippen LogP) is 19.2. The van der Waals surface area contributed by atoms with E-state index in [0.29, 0.717) is 0 Å². The molecule has 1 aromatic heterocycles. The molecular formula is C69H52N4. The van der Waals surface area contributed by atoms with Crippen molar-refractivity contribution in [1.29, 1.82) is 0 Å². The van der Waals surface area contributed by atoms with Gasteiger partial charge in [0.15, 0.2) is 0 Å². The lowest BCUT2D eigenvalue weighted by Crippen LogP contribution is -2.17. The summed E-state index contributed by atoms with van der Waals surface area (Å²) in [4.78, 5) is 7.01. The maximum Gasteiger partial charge on any atom is 0.0544 e. The van der Waals surface area contributed by atoms with Crippen molar-refractivity contribution in [1.82, 2.24) is 4.57 Å². The van der Waals surface area contributed by atoms with Gasteiger partial charge in [0.1, 0.15) is 0 Å². The number of hydrogen-bond acceptors (Lipinski definition) is 3. The highest BCUT2D eigenvalue weighted by Gasteiger charge is 2.39. The van der Waals surface area contributed by atoms with Gasteiger partial charge in [-0.25, -0.2) is 0 Å². The van der Waals surface area contributed by atoms with Crippen LogP contribution >= 0.6 is 0 Å². The summed E-state index contributed by atoms with van der Waals surface area (Å²) in [6.07, 6.45) is 0. The summed E-state index contributed by atoms with van der Waals surface area (Å²) in [5.41, 5.74) is 20.8. The lowest BCUT2D eigenvalue weighted by molar-refractivity contribution is 0.666. The fourth-order valence-corrected chi connectivity index (χ4v) is 11.4. The van der Waals surface area contributed by atoms with Gasteiger partial charge in [-0.2, -0.15) is 0 Å². The Balaban J connectivity index is 0.973. The van der Waals surface area contributed by atoms with E-state index in [4.69, 9.17) is 0 Å². The van der Waals surface area contributed by atoms with Gasteiger partial charge in [0.05, 0.1) is 11.0 Å². The number of fused-ring (bicyclic) bond motifs is 7. The van der Waals surface area contributed by atoms with Gasteiger partial charge in [-0.15, -0.1) is 0 Å². The molecule has 73 heavy (non-hydrogen) atoms. The number of nitrogens with zero attached hydrogens (tertiary/aromatic N) is 4. The van der Waals surface area contributed by atoms with Crippen LogP contribution in [0.25, 0.3) is 49.7 Å². The second-order valence-corrected chi connectivity index (χ2v) is 19.4. The van der Waals surface area contributed by atoms with E-state index in [2.05, 4.69) is 312 Å². The number of rotatable bonds is 11. The molecule has 0 N–H and O–H groups in total. The molecule has 1 aliphatic rings. The van der Waals surface area contributed by atoms with Crippen LogP contribution in [0.5, 0.6) is 0 Å². The van der Waals surface area contributed by atoms with Gasteiger partial charge < -0.3 is 19.3 Å². The molecule has 0 spiro atoms. The van der Waals surface area contributed by atoms with Crippen molar-refractivity contribution >= 4 is 73.0 Å². The maximum absolute atomic E-state index is 2.48. The summed E-state index contributed by atoms with van der Waals surface area (Å²) in [5, 5.41) is 2.52. The highest BCUT2D eigenvalue weighted by atomic mass is 15.2. The third kappa shape index (κ3) is 7.63. The number of hydrogen-bond donors (Lipinski definition) is 0. The second-order valence-electron chi connectivity index (χ2n) is 19.4. The molecule has 0 unspecified atom stereocenters. The van der Waals surface area contributed by atoms with Crippen molar-refractivity contribution < 1.29 is 0 Å². The quantitative estimate of drug-likeness (QED) is 0.128. The molecule has 0 amide bonds. The largest absolute Gasteiger partial charge is 0.311 e. The Morgan fingerprint density at radius 3 is 1.11 bits per heavy atom. The van der Waals surface area contributed by atoms with Crippen molar-refractivity contribution in [2.24, 2.45) is 0 Å². The van der Waals surface area contributed by atoms with E-state index < -0.39 is 0 Å². The van der Waals surface area contributed by atoms with Crippen LogP contribution < -0.4 is 14.7 Å². The first-order chi connectivity index (χ1) is 36.0. The smallest absolute Gasteiger partial charge is 0.0544 e. The zero-order valence-electron chi connectivity index (χ0n) is 40.8. The fraction of sp³-hybridized carbons (Fsp3) is 0.0435. The zero-order valence-corrected chi connectivity index (χ0v) is 40.8. The van der Waals surface area contributed by atoms with Crippen LogP contribution in [0.3, 0.4) is 0 Å². The third-order valence-electron chi connectivity index (χ3n) is 14.7. The Kier molecular flexibility index (Phi) is 10.8. The number of anilines is 9. The minimum atomic E-state index is -0.329. The van der Waals surface area contributed by atoms with Crippen LogP contribution in [-0.4, -0.2) is 4.57 Å². The number of benzene rings is 11. The van der Waals surface area contributed by atoms with Crippen LogP contribution in [0, 0.1) is 0 Å². The van der Waals surface area contributed by atoms with Crippen molar-refractivity contribution in [2.75, 3.05) is 14.7 Å². The molecule has 348 valence electrons. The number of para-hydroxylation sites is 6. The summed E-state index contributed by atoms with van der Waals surface area (Å²) >= 11 is 0. The average Bonchev–Trinajstić information content (AvgIpc) is 3.91. The van der Waals surface area contributed by atoms with Crippen LogP contribution in [0.2, 0.25) is 0 Å². The van der Waals surface area contributed by atoms with Crippen LogP contribution in [0.1, 0.15) is 25.0 Å². The van der Waals surface area contributed by atoms with Gasteiger partial charge in [0.2, 0.25) is 0 Å². The minimum Gasteiger partial charge on any atom is -0.311 e. The van der Waals surface area contributed by atoms with Crippen molar-refractivity contribution in [3.8, 4) is 27.9 Å². The van der Waals surface area contributed by atoms with E-state index in [0.717, 1.165) is 56.9 Å². The van der Waals surface area contributed by atoms with Gasteiger partial charge in [-0.05, 0) is 173 Å². The second kappa shape index (κ2) is 18.1. The molecule has 0 bridgehead atoms. The average molecular weight is 937 g/mol. The third-order valence-corrected chi connectivity index (χ3v) is 14.7. The predicted molar refractivity (Wildman–Crippen MR) is 308 cm³/mol. The van der Waals surface area contributed by atoms with E-state index in [1.165, 1.54) is 55.2 Å². The first-order valence-corrected chi connectivity index (χ1v) is 25.2. The molecule has 4 heteroatoms. The summed E-state index contributed by atoms with van der Waals surface area (Å²) < 4.78 is 2.48. The number of aromatic nitrogens is 1. The molecule has 0 radical (unpaired) electrons. The summed E-state index contributed by atoms with van der Waals surface area (Å²) in [6, 6.07) is 101. The summed E-state index contributed by atoms with van der Waals surface area (Å²) in [5.74, 6) is 0. The van der Waals surface area contributed by atoms with Gasteiger partial charge in [0.25, 0.3) is 0 Å². The van der Waals surface area contributed by atoms with E-state index in [1.807, 2.05) is 0 Å². The zero-order chi connectivity index (χ0) is 48.9. The van der Waals surface area contributed by atoms with E-state index in [1.54, 1.807) is 0 Å². The first-order valence-electron chi connectivity index (χ1n) is 25.2. The van der Waals surface area contributed by atoms with Gasteiger partial charge in [-0.3, -0.25) is 0 Å². The van der Waals surface area contributed by atoms with E-state index in [9.17, 15) is 0 Å². The molecular weight excluding hydrogens is 885 g/mol. The maximum atomic E-state index is 2.48. The van der Waals surface area contributed by atoms with Gasteiger partial charge in [-0.1, -0.05) is 153 Å². The van der Waals surface area contributed by atoms with Crippen LogP contribution in [-0.2, 0) is 5.41 Å². The summed E-state index contributed by atoms with van der Waals surface area (Å²) in [7, 11) is 0. The van der Waals surface area contributed by atoms with E-state index >= 15 is 0 Å². The van der Waals surface area contributed by atoms with Crippen molar-refractivity contribution in [2.45, 2.75) is 19.3 Å². The van der Waals surface area contributed by atoms with Gasteiger partial charge in [0, 0.05) is 73.1 Å². The lowest BCUT2D eigenvalue weighted by atomic mass is 9.80. The highest BCUT2D eigenvalue weighted by molar-refractivity contribution is 6.15. The van der Waals surface area contributed by atoms with Crippen molar-refractivity contribution in [3.05, 3.63) is 290 Å². The molecule has 0 aliphatic heterocycles. The molecule has 12 aromatic rings. The van der Waals surface area contributed by atoms with E-state index in [-0.39, 0.29) is 5.41 Å². The molecule has 1 heterocycles. The standard InChI is InChI=1S/C69H52N4/c1-69(2)64-48-60(72(55-29-17-7-18-30-55)56-31-19-8-20-32-56)42-43-61(64)62-44-46-66-67(68(62)69)63-47-50(49-33-36-57(37-34-49)70(51-21-9-3-10-22-51)52-23-11-4-12-24-52)35-45-65(63)73(66)59-40-38-58(39-41-59)71(53-25-13-5-14-26-53)54-27-15-6-16-28-54/h3-48H,1-2H3. The van der Waals surface area contributed by atoms with Crippen molar-refractivity contribution in [3.63, 3.8) is 0 Å². The molecule has 0 atom stereocenters. The molecule has 0 fully saturated rings. The first kappa shape index (κ1) is 43.6. The Hall–Kier alpha value is -9.38. The Labute approximate surface area is 427 Å². The SMILES string of the molecule is CC1(C)c2cc(N(c3ccccc3)c3ccccc3)ccc2-c2ccc3c(c21)c1cc(-c2ccc(N(c4ccccc4)c4ccccc4)cc2)ccc1n3-c1ccc(N(c2ccccc2)c2ccccc2)cc1. The Morgan fingerprint density at radius 2 is 0.658 bits per heavy atom. The highest BCUT2D eigenvalue weighted by Crippen LogP contribution is 2.55. The molecule has 0 saturated carbocycles. The van der Waals surface area contributed by atoms with Crippen LogP contribution in [0.4, 0.5) is 51.2 Å². The molecule has 13 rings (SSSR count). The Bertz CT molecular complexity index is 3770. The minimum absolute atomic E-state index is 0.329. The molecule has 0 saturated heterocycles. The summed E-state index contributed by atoms with van der Waals surface area (Å²) in [6.45, 7) is 4.84. The topological polar surface area (TPSA) is 14.7 Å². The molecule has 11 aromatic carbocycles. The lowest BCUT2D eigenvalue weighted by Gasteiger charge is -2.28. The van der Waals surface area contributed by atoms with Gasteiger partial charge >= 0.3 is 0 Å². The monoisotopic (exact) mass is 936 g/mol. The van der Waals surface area contributed by atoms with Crippen LogP contribution in [0.15, 0.2) is 279 Å². The normalized spacial score (nSPS) is 12.4. The molecule has 4 nitrogen and oxygen atoms in total. The fourth-order valence-electron chi connectivity index (χ4n) is 11.4.